The molecule has 0 radical (unpaired) electrons. The van der Waals surface area contributed by atoms with Crippen LogP contribution >= 0.6 is 0 Å². The molecule has 15 aromatic carbocycles. The summed E-state index contributed by atoms with van der Waals surface area (Å²) in [6.07, 6.45) is 0. The number of anilines is 3. The molecule has 7 heterocycles. The van der Waals surface area contributed by atoms with Crippen molar-refractivity contribution in [2.45, 2.75) is 73.1 Å². The predicted octanol–water partition coefficient (Wildman–Crippen LogP) is 21.8. The zero-order valence-corrected chi connectivity index (χ0v) is 57.1. The van der Waals surface area contributed by atoms with Gasteiger partial charge in [0, 0.05) is 88.3 Å². The van der Waals surface area contributed by atoms with Crippen molar-refractivity contribution in [2.24, 2.45) is 0 Å². The third-order valence-electron chi connectivity index (χ3n) is 23.5. The fourth-order valence-electron chi connectivity index (χ4n) is 19.3. The lowest BCUT2D eigenvalue weighted by atomic mass is 9.44. The van der Waals surface area contributed by atoms with Crippen molar-refractivity contribution in [1.82, 2.24) is 13.5 Å². The second-order valence-corrected chi connectivity index (χ2v) is 31.4. The molecule has 0 saturated carbocycles. The number of hydrogen-bond donors (Lipinski definition) is 0. The summed E-state index contributed by atoms with van der Waals surface area (Å²) in [4.78, 5) is 2.68. The molecule has 4 nitrogen and oxygen atoms in total. The van der Waals surface area contributed by atoms with Gasteiger partial charge in [0.1, 0.15) is 0 Å². The van der Waals surface area contributed by atoms with Crippen LogP contribution in [0.1, 0.15) is 69.4 Å². The van der Waals surface area contributed by atoms with Crippen LogP contribution in [0.5, 0.6) is 0 Å². The quantitative estimate of drug-likeness (QED) is 0.127. The Balaban J connectivity index is 0.792. The number of aryl methyl sites for hydroxylation is 3. The summed E-state index contributed by atoms with van der Waals surface area (Å²) in [7, 11) is 0. The minimum absolute atomic E-state index is 0.0381. The number of aromatic nitrogens is 3. The summed E-state index contributed by atoms with van der Waals surface area (Å²) in [5.41, 5.74) is 34.6. The molecule has 0 bridgehead atoms. The van der Waals surface area contributed by atoms with E-state index >= 15 is 0 Å². The van der Waals surface area contributed by atoms with Gasteiger partial charge in [-0.05, 0) is 237 Å². The van der Waals surface area contributed by atoms with Crippen LogP contribution in [0, 0.1) is 20.8 Å². The molecule has 0 aliphatic carbocycles. The molecule has 0 fully saturated rings. The molecule has 0 spiro atoms. The van der Waals surface area contributed by atoms with Gasteiger partial charge in [0.2, 0.25) is 0 Å². The smallest absolute Gasteiger partial charge is 0.333 e. The number of para-hydroxylation sites is 4. The minimum atomic E-state index is -0.117. The van der Waals surface area contributed by atoms with Gasteiger partial charge in [-0.25, -0.2) is 0 Å². The number of hydrogen-bond acceptors (Lipinski definition) is 1. The topological polar surface area (TPSA) is 18.0 Å². The summed E-state index contributed by atoms with van der Waals surface area (Å²) in [6, 6.07) is 97.6. The van der Waals surface area contributed by atoms with Crippen molar-refractivity contribution in [3.63, 3.8) is 0 Å². The van der Waals surface area contributed by atoms with Crippen molar-refractivity contribution < 1.29 is 0 Å². The van der Waals surface area contributed by atoms with Crippen LogP contribution in [-0.2, 0) is 10.8 Å². The Kier molecular flexibility index (Phi) is 10.7. The van der Waals surface area contributed by atoms with Gasteiger partial charge in [-0.15, -0.1) is 0 Å². The maximum absolute atomic E-state index is 2.72. The molecule has 18 aromatic rings. The van der Waals surface area contributed by atoms with Gasteiger partial charge in [-0.2, -0.15) is 0 Å². The fourth-order valence-corrected chi connectivity index (χ4v) is 19.3. The number of fused-ring (bicyclic) bond motifs is 22. The fraction of sp³-hybridized carbons (Fsp3) is 0.118. The van der Waals surface area contributed by atoms with Gasteiger partial charge in [0.25, 0.3) is 0 Å². The Morgan fingerprint density at radius 2 is 0.828 bits per heavy atom. The van der Waals surface area contributed by atoms with E-state index in [1.807, 2.05) is 0 Å². The first-order valence-electron chi connectivity index (χ1n) is 35.4. The zero-order chi connectivity index (χ0) is 66.1. The van der Waals surface area contributed by atoms with Crippen LogP contribution in [-0.4, -0.2) is 27.2 Å². The van der Waals surface area contributed by atoms with E-state index in [0.29, 0.717) is 0 Å². The summed E-state index contributed by atoms with van der Waals surface area (Å²) < 4.78 is 8.06. The summed E-state index contributed by atoms with van der Waals surface area (Å²) in [5, 5.41) is 17.7. The van der Waals surface area contributed by atoms with Crippen LogP contribution in [0.15, 0.2) is 249 Å². The summed E-state index contributed by atoms with van der Waals surface area (Å²) in [6.45, 7) is 20.9. The maximum Gasteiger partial charge on any atom is 0.333 e. The SMILES string of the molecule is Cc1cc(C)c(-c2cc3c4c(c2)N(c2cc(C(C)(C)C)cc(C(C)(C)C)c2)c2cc5cc6ccc(-c7cccc8c7c7ccc9c%10c7n8-c7cc8cc%11ccccc%11cc8cc7B%10n7c8ccccc8c8cccc-9c87)cc6cc5cc2B4n2c4ccccc4c4cccc-3c42)c(C)c1. The van der Waals surface area contributed by atoms with Crippen LogP contribution in [0.3, 0.4) is 0 Å². The van der Waals surface area contributed by atoms with Gasteiger partial charge in [0.15, 0.2) is 0 Å². The lowest BCUT2D eigenvalue weighted by molar-refractivity contribution is 0.569. The van der Waals surface area contributed by atoms with E-state index in [1.54, 1.807) is 0 Å². The minimum Gasteiger partial charge on any atom is -0.375 e. The van der Waals surface area contributed by atoms with E-state index in [1.165, 1.54) is 225 Å². The number of nitrogens with zero attached hydrogens (tertiary/aromatic N) is 4. The molecule has 0 unspecified atom stereocenters. The molecule has 6 heteroatoms. The highest BCUT2D eigenvalue weighted by Gasteiger charge is 2.45. The van der Waals surface area contributed by atoms with Crippen molar-refractivity contribution in [3.8, 4) is 50.2 Å². The normalized spacial score (nSPS) is 13.6. The first kappa shape index (κ1) is 55.8. The lowest BCUT2D eigenvalue weighted by Crippen LogP contribution is -2.56. The average Bonchev–Trinajstić information content (AvgIpc) is 1.50. The van der Waals surface area contributed by atoms with Gasteiger partial charge < -0.3 is 18.4 Å². The maximum atomic E-state index is 2.72. The largest absolute Gasteiger partial charge is 0.375 e. The Morgan fingerprint density at radius 3 is 1.47 bits per heavy atom. The molecule has 0 N–H and O–H groups in total. The summed E-state index contributed by atoms with van der Waals surface area (Å²) >= 11 is 0. The van der Waals surface area contributed by atoms with Crippen LogP contribution in [0.2, 0.25) is 0 Å². The number of rotatable bonds is 3. The first-order valence-corrected chi connectivity index (χ1v) is 35.4. The highest BCUT2D eigenvalue weighted by Crippen LogP contribution is 2.51. The molecule has 4 aliphatic heterocycles. The van der Waals surface area contributed by atoms with Gasteiger partial charge in [-0.3, -0.25) is 0 Å². The molecule has 0 amide bonds. The van der Waals surface area contributed by atoms with Gasteiger partial charge in [0.05, 0.1) is 11.0 Å². The van der Waals surface area contributed by atoms with Crippen molar-refractivity contribution in [1.29, 1.82) is 0 Å². The van der Waals surface area contributed by atoms with E-state index in [2.05, 4.69) is 329 Å². The van der Waals surface area contributed by atoms with Gasteiger partial charge >= 0.3 is 13.7 Å². The third kappa shape index (κ3) is 7.40. The van der Waals surface area contributed by atoms with Gasteiger partial charge in [-0.1, -0.05) is 211 Å². The molecule has 4 aliphatic rings. The van der Waals surface area contributed by atoms with Crippen LogP contribution in [0.25, 0.3) is 159 Å². The third-order valence-corrected chi connectivity index (χ3v) is 23.5. The second kappa shape index (κ2) is 19.1. The molecule has 99 heavy (non-hydrogen) atoms. The monoisotopic (exact) mass is 1260 g/mol. The lowest BCUT2D eigenvalue weighted by Gasteiger charge is -2.42. The van der Waals surface area contributed by atoms with Crippen LogP contribution in [0.4, 0.5) is 17.1 Å². The molecule has 3 aromatic heterocycles. The molecule has 466 valence electrons. The van der Waals surface area contributed by atoms with Crippen molar-refractivity contribution in [3.05, 3.63) is 277 Å². The second-order valence-electron chi connectivity index (χ2n) is 31.4. The number of benzene rings is 15. The molecule has 0 atom stereocenters. The standard InChI is InChI=1S/C93H68B2N4/c1-51-35-52(2)85(53(3)36-51)63-42-76-74-27-17-25-72-69-22-12-14-28-79(69)98(90(72)74)94-77-44-60-41-58-40-57(32-31-56(58)39-62(60)45-82(77)96(84(47-63)87(76)94)66-49-64(92(4,5)6)48-65(50-66)93(7,8)9)67-23-18-30-81-86(67)75-34-33-70-73-26-16-24-71-68-21-13-15-29-80(68)99(89(71)73)95-78-43-59-37-54-19-10-11-20-55(54)38-61(59)46-83(78)97(81)91(75)88(70)95/h10-50H,1-9H3. The van der Waals surface area contributed by atoms with Crippen molar-refractivity contribution >= 4 is 161 Å². The Labute approximate surface area is 575 Å². The average molecular weight is 1260 g/mol. The zero-order valence-electron chi connectivity index (χ0n) is 57.1. The van der Waals surface area contributed by atoms with E-state index < -0.39 is 0 Å². The van der Waals surface area contributed by atoms with Crippen LogP contribution < -0.4 is 26.8 Å². The Hall–Kier alpha value is -11.3. The Morgan fingerprint density at radius 1 is 0.313 bits per heavy atom. The highest BCUT2D eigenvalue weighted by atomic mass is 15.2. The first-order chi connectivity index (χ1) is 48.1. The van der Waals surface area contributed by atoms with E-state index in [4.69, 9.17) is 0 Å². The predicted molar refractivity (Wildman–Crippen MR) is 426 cm³/mol. The molecular formula is C93H68B2N4. The molecule has 22 rings (SSSR count). The Bertz CT molecular complexity index is 6760. The highest BCUT2D eigenvalue weighted by molar-refractivity contribution is 6.91. The molecule has 0 saturated heterocycles. The summed E-state index contributed by atoms with van der Waals surface area (Å²) in [5.74, 6) is 0. The van der Waals surface area contributed by atoms with E-state index in [0.717, 1.165) is 0 Å². The molecular weight excluding hydrogens is 1190 g/mol. The van der Waals surface area contributed by atoms with E-state index in [9.17, 15) is 0 Å². The van der Waals surface area contributed by atoms with E-state index in [-0.39, 0.29) is 24.5 Å². The van der Waals surface area contributed by atoms with Crippen molar-refractivity contribution in [2.75, 3.05) is 4.90 Å².